The molecule has 20 heavy (non-hydrogen) atoms. The highest BCUT2D eigenvalue weighted by Crippen LogP contribution is 2.20. The van der Waals surface area contributed by atoms with Gasteiger partial charge in [0.15, 0.2) is 9.84 Å². The van der Waals surface area contributed by atoms with Crippen molar-refractivity contribution in [3.63, 3.8) is 0 Å². The van der Waals surface area contributed by atoms with E-state index in [1.54, 1.807) is 0 Å². The van der Waals surface area contributed by atoms with Crippen molar-refractivity contribution in [2.24, 2.45) is 5.92 Å². The molecule has 0 amide bonds. The quantitative estimate of drug-likeness (QED) is 0.798. The molecular weight excluding hydrogens is 276 g/mol. The fraction of sp³-hybridized carbons (Fsp3) is 0.533. The van der Waals surface area contributed by atoms with Crippen LogP contribution in [-0.4, -0.2) is 25.2 Å². The first-order valence-corrected chi connectivity index (χ1v) is 8.62. The van der Waals surface area contributed by atoms with E-state index in [0.29, 0.717) is 0 Å². The van der Waals surface area contributed by atoms with Gasteiger partial charge in [0, 0.05) is 0 Å². The number of sulfone groups is 1. The summed E-state index contributed by atoms with van der Waals surface area (Å²) in [5.74, 6) is -0.752. The van der Waals surface area contributed by atoms with Crippen LogP contribution in [0.2, 0.25) is 0 Å². The minimum atomic E-state index is -3.34. The van der Waals surface area contributed by atoms with Crippen LogP contribution in [0.3, 0.4) is 0 Å². The van der Waals surface area contributed by atoms with E-state index in [1.165, 1.54) is 24.3 Å². The predicted molar refractivity (Wildman–Crippen MR) is 78.8 cm³/mol. The van der Waals surface area contributed by atoms with Crippen molar-refractivity contribution in [2.45, 2.75) is 44.4 Å². The van der Waals surface area contributed by atoms with Crippen LogP contribution in [0.1, 0.15) is 49.9 Å². The summed E-state index contributed by atoms with van der Waals surface area (Å²) in [6.45, 7) is 4.09. The minimum Gasteiger partial charge on any atom is -0.478 e. The van der Waals surface area contributed by atoms with Crippen LogP contribution in [0.4, 0.5) is 0 Å². The lowest BCUT2D eigenvalue weighted by Crippen LogP contribution is -2.16. The lowest BCUT2D eigenvalue weighted by molar-refractivity contribution is 0.0696. The second-order valence-electron chi connectivity index (χ2n) is 5.03. The highest BCUT2D eigenvalue weighted by molar-refractivity contribution is 7.91. The van der Waals surface area contributed by atoms with Gasteiger partial charge in [-0.25, -0.2) is 13.2 Å². The van der Waals surface area contributed by atoms with Gasteiger partial charge in [0.2, 0.25) is 0 Å². The van der Waals surface area contributed by atoms with Crippen molar-refractivity contribution < 1.29 is 18.3 Å². The summed E-state index contributed by atoms with van der Waals surface area (Å²) < 4.78 is 24.6. The highest BCUT2D eigenvalue weighted by Gasteiger charge is 2.20. The molecule has 1 rings (SSSR count). The third-order valence-electron chi connectivity index (χ3n) is 3.46. The Morgan fingerprint density at radius 3 is 2.25 bits per heavy atom. The fourth-order valence-electron chi connectivity index (χ4n) is 2.11. The van der Waals surface area contributed by atoms with Crippen molar-refractivity contribution in [2.75, 3.05) is 5.75 Å². The Labute approximate surface area is 120 Å². The molecule has 0 aromatic heterocycles. The highest BCUT2D eigenvalue weighted by atomic mass is 32.2. The predicted octanol–water partition coefficient (Wildman–Crippen LogP) is 3.37. The van der Waals surface area contributed by atoms with Crippen LogP contribution in [0, 0.1) is 5.92 Å². The molecule has 1 aromatic carbocycles. The number of unbranched alkanes of at least 4 members (excludes halogenated alkanes) is 1. The van der Waals surface area contributed by atoms with Gasteiger partial charge in [0.05, 0.1) is 16.2 Å². The molecule has 1 unspecified atom stereocenters. The van der Waals surface area contributed by atoms with E-state index in [4.69, 9.17) is 5.11 Å². The summed E-state index contributed by atoms with van der Waals surface area (Å²) in [6, 6.07) is 5.43. The maximum Gasteiger partial charge on any atom is 0.335 e. The van der Waals surface area contributed by atoms with Gasteiger partial charge in [-0.05, 0) is 36.6 Å². The molecule has 0 aliphatic carbocycles. The van der Waals surface area contributed by atoms with Gasteiger partial charge in [-0.3, -0.25) is 0 Å². The van der Waals surface area contributed by atoms with Crippen LogP contribution in [0.15, 0.2) is 29.2 Å². The summed E-state index contributed by atoms with van der Waals surface area (Å²) in [4.78, 5) is 11.0. The van der Waals surface area contributed by atoms with Crippen LogP contribution in [0.25, 0.3) is 0 Å². The van der Waals surface area contributed by atoms with Crippen molar-refractivity contribution in [3.05, 3.63) is 29.8 Å². The summed E-state index contributed by atoms with van der Waals surface area (Å²) >= 11 is 0. The first kappa shape index (κ1) is 16.7. The van der Waals surface area contributed by atoms with Gasteiger partial charge in [-0.1, -0.05) is 33.1 Å². The Kier molecular flexibility index (Phi) is 6.20. The number of benzene rings is 1. The average molecular weight is 298 g/mol. The first-order chi connectivity index (χ1) is 9.40. The number of carboxylic acids is 1. The van der Waals surface area contributed by atoms with Crippen molar-refractivity contribution in [1.29, 1.82) is 0 Å². The molecular formula is C15H22O4S. The molecule has 0 saturated heterocycles. The largest absolute Gasteiger partial charge is 0.478 e. The third-order valence-corrected chi connectivity index (χ3v) is 5.36. The van der Waals surface area contributed by atoms with Crippen LogP contribution < -0.4 is 0 Å². The number of hydrogen-bond donors (Lipinski definition) is 1. The van der Waals surface area contributed by atoms with Gasteiger partial charge in [0.25, 0.3) is 0 Å². The molecule has 1 N–H and O–H groups in total. The normalized spacial score (nSPS) is 13.1. The molecule has 0 aliphatic heterocycles. The summed E-state index contributed by atoms with van der Waals surface area (Å²) in [7, 11) is -3.34. The zero-order valence-electron chi connectivity index (χ0n) is 12.0. The minimum absolute atomic E-state index is 0.0991. The van der Waals surface area contributed by atoms with E-state index >= 15 is 0 Å². The fourth-order valence-corrected chi connectivity index (χ4v) is 3.88. The molecule has 0 heterocycles. The summed E-state index contributed by atoms with van der Waals surface area (Å²) in [5.41, 5.74) is 0.0991. The molecule has 0 fully saturated rings. The van der Waals surface area contributed by atoms with Gasteiger partial charge >= 0.3 is 5.97 Å². The molecule has 1 aromatic rings. The molecule has 112 valence electrons. The molecule has 0 aliphatic rings. The van der Waals surface area contributed by atoms with Gasteiger partial charge in [-0.2, -0.15) is 0 Å². The SMILES string of the molecule is CCCCC(CC)CS(=O)(=O)c1ccc(C(=O)O)cc1. The molecule has 5 heteroatoms. The van der Waals surface area contributed by atoms with Crippen LogP contribution in [-0.2, 0) is 9.84 Å². The van der Waals surface area contributed by atoms with E-state index in [-0.39, 0.29) is 22.1 Å². The zero-order chi connectivity index (χ0) is 15.2. The Morgan fingerprint density at radius 1 is 1.20 bits per heavy atom. The number of aromatic carboxylic acids is 1. The molecule has 1 atom stereocenters. The van der Waals surface area contributed by atoms with Crippen molar-refractivity contribution in [1.82, 2.24) is 0 Å². The molecule has 0 spiro atoms. The molecule has 4 nitrogen and oxygen atoms in total. The topological polar surface area (TPSA) is 71.4 Å². The van der Waals surface area contributed by atoms with Crippen LogP contribution in [0.5, 0.6) is 0 Å². The van der Waals surface area contributed by atoms with Crippen molar-refractivity contribution in [3.8, 4) is 0 Å². The van der Waals surface area contributed by atoms with E-state index in [2.05, 4.69) is 6.92 Å². The Hall–Kier alpha value is -1.36. The van der Waals surface area contributed by atoms with Crippen LogP contribution >= 0.6 is 0 Å². The number of carboxylic acid groups (broad SMARTS) is 1. The second-order valence-corrected chi connectivity index (χ2v) is 7.06. The number of rotatable bonds is 8. The monoisotopic (exact) mass is 298 g/mol. The molecule has 0 radical (unpaired) electrons. The zero-order valence-corrected chi connectivity index (χ0v) is 12.8. The maximum atomic E-state index is 12.3. The smallest absolute Gasteiger partial charge is 0.335 e. The average Bonchev–Trinajstić information content (AvgIpc) is 2.43. The Bertz CT molecular complexity index is 531. The van der Waals surface area contributed by atoms with Crippen molar-refractivity contribution >= 4 is 15.8 Å². The lowest BCUT2D eigenvalue weighted by atomic mass is 10.0. The van der Waals surface area contributed by atoms with E-state index < -0.39 is 15.8 Å². The first-order valence-electron chi connectivity index (χ1n) is 6.96. The van der Waals surface area contributed by atoms with E-state index in [1.807, 2.05) is 6.92 Å². The summed E-state index contributed by atoms with van der Waals surface area (Å²) in [6.07, 6.45) is 3.85. The van der Waals surface area contributed by atoms with Gasteiger partial charge in [0.1, 0.15) is 0 Å². The van der Waals surface area contributed by atoms with E-state index in [0.717, 1.165) is 25.7 Å². The number of carbonyl (C=O) groups is 1. The van der Waals surface area contributed by atoms with Gasteiger partial charge in [-0.15, -0.1) is 0 Å². The molecule has 0 saturated carbocycles. The maximum absolute atomic E-state index is 12.3. The standard InChI is InChI=1S/C15H22O4S/c1-3-5-6-12(4-2)11-20(18,19)14-9-7-13(8-10-14)15(16)17/h7-10,12H,3-6,11H2,1-2H3,(H,16,17). The Balaban J connectivity index is 2.84. The van der Waals surface area contributed by atoms with Gasteiger partial charge < -0.3 is 5.11 Å². The second kappa shape index (κ2) is 7.43. The summed E-state index contributed by atoms with van der Waals surface area (Å²) in [5, 5.41) is 8.81. The lowest BCUT2D eigenvalue weighted by Gasteiger charge is -2.14. The Morgan fingerprint density at radius 2 is 1.80 bits per heavy atom. The number of hydrogen-bond acceptors (Lipinski definition) is 3. The third kappa shape index (κ3) is 4.63. The van der Waals surface area contributed by atoms with E-state index in [9.17, 15) is 13.2 Å². The molecule has 0 bridgehead atoms.